The summed E-state index contributed by atoms with van der Waals surface area (Å²) in [6.45, 7) is 6.73. The van der Waals surface area contributed by atoms with Crippen molar-refractivity contribution in [3.8, 4) is 0 Å². The van der Waals surface area contributed by atoms with Crippen LogP contribution in [0.3, 0.4) is 0 Å². The average Bonchev–Trinajstić information content (AvgIpc) is 2.30. The molecule has 1 N–H and O–H groups in total. The largest absolute Gasteiger partial charge is 0.378 e. The quantitative estimate of drug-likeness (QED) is 0.895. The fourth-order valence-corrected chi connectivity index (χ4v) is 2.72. The van der Waals surface area contributed by atoms with Gasteiger partial charge in [0.2, 0.25) is 0 Å². The van der Waals surface area contributed by atoms with E-state index in [0.717, 1.165) is 18.6 Å². The molecule has 0 radical (unpaired) electrons. The van der Waals surface area contributed by atoms with Gasteiger partial charge in [-0.1, -0.05) is 25.4 Å². The molecule has 1 aliphatic carbocycles. The smallest absolute Gasteiger partial charge is 0.150 e. The zero-order valence-electron chi connectivity index (χ0n) is 11.3. The van der Waals surface area contributed by atoms with Crippen molar-refractivity contribution in [2.24, 2.45) is 5.41 Å². The van der Waals surface area contributed by atoms with Gasteiger partial charge in [0.05, 0.1) is 16.8 Å². The Balaban J connectivity index is 2.12. The Labute approximate surface area is 117 Å². The molecule has 106 valence electrons. The van der Waals surface area contributed by atoms with Crippen LogP contribution in [0.2, 0.25) is 5.02 Å². The number of ether oxygens (including phenoxy) is 1. The summed E-state index contributed by atoms with van der Waals surface area (Å²) in [5, 5.41) is 3.13. The molecule has 0 bridgehead atoms. The van der Waals surface area contributed by atoms with Crippen molar-refractivity contribution < 1.29 is 13.5 Å². The maximum atomic E-state index is 13.7. The van der Waals surface area contributed by atoms with Crippen molar-refractivity contribution >= 4 is 17.3 Å². The van der Waals surface area contributed by atoms with Crippen molar-refractivity contribution in [3.63, 3.8) is 0 Å². The first kappa shape index (κ1) is 14.5. The van der Waals surface area contributed by atoms with Crippen molar-refractivity contribution in [1.29, 1.82) is 0 Å². The van der Waals surface area contributed by atoms with E-state index >= 15 is 0 Å². The molecule has 5 heteroatoms. The summed E-state index contributed by atoms with van der Waals surface area (Å²) in [6, 6.07) is 2.00. The summed E-state index contributed by atoms with van der Waals surface area (Å²) in [5.74, 6) is -1.34. The molecule has 2 rings (SSSR count). The minimum Gasteiger partial charge on any atom is -0.378 e. The predicted octanol–water partition coefficient (Wildman–Crippen LogP) is 4.23. The standard InChI is InChI=1S/C14H18ClF2NO/c1-4-19-12-7-11(14(12,2)3)18-13-9(15)5-8(16)6-10(13)17/h5-6,11-12,18H,4,7H2,1-3H3. The zero-order valence-corrected chi connectivity index (χ0v) is 12.0. The molecule has 0 saturated heterocycles. The molecule has 1 aromatic rings. The third kappa shape index (κ3) is 2.70. The van der Waals surface area contributed by atoms with E-state index in [1.807, 2.05) is 6.92 Å². The Morgan fingerprint density at radius 1 is 1.42 bits per heavy atom. The third-order valence-electron chi connectivity index (χ3n) is 3.87. The van der Waals surface area contributed by atoms with Gasteiger partial charge in [0, 0.05) is 24.1 Å². The number of halogens is 3. The highest BCUT2D eigenvalue weighted by atomic mass is 35.5. The fourth-order valence-electron chi connectivity index (χ4n) is 2.47. The molecule has 2 unspecified atom stereocenters. The van der Waals surface area contributed by atoms with Crippen LogP contribution in [0.25, 0.3) is 0 Å². The molecule has 0 aliphatic heterocycles. The third-order valence-corrected chi connectivity index (χ3v) is 4.17. The molecule has 2 atom stereocenters. The molecule has 0 amide bonds. The van der Waals surface area contributed by atoms with Gasteiger partial charge in [-0.05, 0) is 19.4 Å². The maximum Gasteiger partial charge on any atom is 0.150 e. The molecule has 1 aliphatic rings. The highest BCUT2D eigenvalue weighted by molar-refractivity contribution is 6.33. The molecule has 1 aromatic carbocycles. The van der Waals surface area contributed by atoms with E-state index in [1.165, 1.54) is 0 Å². The summed E-state index contributed by atoms with van der Waals surface area (Å²) in [6.07, 6.45) is 0.936. The summed E-state index contributed by atoms with van der Waals surface area (Å²) in [7, 11) is 0. The lowest BCUT2D eigenvalue weighted by atomic mass is 9.64. The first-order valence-corrected chi connectivity index (χ1v) is 6.76. The Hall–Kier alpha value is -0.870. The van der Waals surface area contributed by atoms with Crippen LogP contribution >= 0.6 is 11.6 Å². The van der Waals surface area contributed by atoms with Gasteiger partial charge < -0.3 is 10.1 Å². The molecular weight excluding hydrogens is 272 g/mol. The molecule has 0 heterocycles. The van der Waals surface area contributed by atoms with Crippen molar-refractivity contribution in [1.82, 2.24) is 0 Å². The Morgan fingerprint density at radius 2 is 2.11 bits per heavy atom. The lowest BCUT2D eigenvalue weighted by molar-refractivity contribution is -0.0976. The number of anilines is 1. The van der Waals surface area contributed by atoms with Gasteiger partial charge in [0.25, 0.3) is 0 Å². The van der Waals surface area contributed by atoms with Crippen LogP contribution in [-0.2, 0) is 4.74 Å². The van der Waals surface area contributed by atoms with Crippen molar-refractivity contribution in [2.45, 2.75) is 39.3 Å². The van der Waals surface area contributed by atoms with E-state index < -0.39 is 11.6 Å². The SMILES string of the molecule is CCOC1CC(Nc2c(F)cc(F)cc2Cl)C1(C)C. The maximum absolute atomic E-state index is 13.7. The Morgan fingerprint density at radius 3 is 2.63 bits per heavy atom. The highest BCUT2D eigenvalue weighted by Crippen LogP contribution is 2.45. The van der Waals surface area contributed by atoms with E-state index in [4.69, 9.17) is 16.3 Å². The highest BCUT2D eigenvalue weighted by Gasteiger charge is 2.49. The van der Waals surface area contributed by atoms with E-state index in [-0.39, 0.29) is 28.3 Å². The van der Waals surface area contributed by atoms with Crippen molar-refractivity contribution in [3.05, 3.63) is 28.8 Å². The number of hydrogen-bond acceptors (Lipinski definition) is 2. The van der Waals surface area contributed by atoms with Crippen LogP contribution in [0.5, 0.6) is 0 Å². The van der Waals surface area contributed by atoms with Gasteiger partial charge in [0.1, 0.15) is 5.82 Å². The fraction of sp³-hybridized carbons (Fsp3) is 0.571. The van der Waals surface area contributed by atoms with Gasteiger partial charge >= 0.3 is 0 Å². The van der Waals surface area contributed by atoms with E-state index in [2.05, 4.69) is 19.2 Å². The Bertz CT molecular complexity index is 456. The summed E-state index contributed by atoms with van der Waals surface area (Å²) < 4.78 is 32.3. The monoisotopic (exact) mass is 289 g/mol. The molecule has 1 saturated carbocycles. The molecule has 0 spiro atoms. The number of nitrogens with one attached hydrogen (secondary N) is 1. The van der Waals surface area contributed by atoms with Gasteiger partial charge in [-0.15, -0.1) is 0 Å². The van der Waals surface area contributed by atoms with Crippen LogP contribution in [0.1, 0.15) is 27.2 Å². The van der Waals surface area contributed by atoms with Gasteiger partial charge in [0.15, 0.2) is 5.82 Å². The summed E-state index contributed by atoms with van der Waals surface area (Å²) in [4.78, 5) is 0. The van der Waals surface area contributed by atoms with E-state index in [1.54, 1.807) is 0 Å². The van der Waals surface area contributed by atoms with Gasteiger partial charge in [-0.3, -0.25) is 0 Å². The van der Waals surface area contributed by atoms with Crippen LogP contribution in [0, 0.1) is 17.0 Å². The topological polar surface area (TPSA) is 21.3 Å². The molecule has 19 heavy (non-hydrogen) atoms. The van der Waals surface area contributed by atoms with Gasteiger partial charge in [-0.2, -0.15) is 0 Å². The van der Waals surface area contributed by atoms with E-state index in [9.17, 15) is 8.78 Å². The second-order valence-corrected chi connectivity index (χ2v) is 5.85. The molecular formula is C14H18ClF2NO. The second kappa shape index (κ2) is 5.25. The van der Waals surface area contributed by atoms with Crippen LogP contribution < -0.4 is 5.32 Å². The number of hydrogen-bond donors (Lipinski definition) is 1. The molecule has 1 fully saturated rings. The summed E-state index contributed by atoms with van der Waals surface area (Å²) in [5.41, 5.74) is 0.0521. The molecule has 2 nitrogen and oxygen atoms in total. The lowest BCUT2D eigenvalue weighted by Crippen LogP contribution is -2.58. The van der Waals surface area contributed by atoms with Crippen LogP contribution in [0.4, 0.5) is 14.5 Å². The first-order valence-electron chi connectivity index (χ1n) is 6.39. The lowest BCUT2D eigenvalue weighted by Gasteiger charge is -2.52. The predicted molar refractivity (Wildman–Crippen MR) is 72.6 cm³/mol. The summed E-state index contributed by atoms with van der Waals surface area (Å²) >= 11 is 5.88. The number of benzene rings is 1. The Kier molecular flexibility index (Phi) is 4.02. The number of rotatable bonds is 4. The van der Waals surface area contributed by atoms with Crippen LogP contribution in [-0.4, -0.2) is 18.8 Å². The minimum absolute atomic E-state index is 0.0570. The van der Waals surface area contributed by atoms with Crippen LogP contribution in [0.15, 0.2) is 12.1 Å². The normalized spacial score (nSPS) is 24.9. The van der Waals surface area contributed by atoms with Crippen molar-refractivity contribution in [2.75, 3.05) is 11.9 Å². The minimum atomic E-state index is -0.673. The average molecular weight is 290 g/mol. The molecule has 0 aromatic heterocycles. The van der Waals surface area contributed by atoms with Gasteiger partial charge in [-0.25, -0.2) is 8.78 Å². The first-order chi connectivity index (χ1) is 8.86. The second-order valence-electron chi connectivity index (χ2n) is 5.44. The zero-order chi connectivity index (χ0) is 14.2. The van der Waals surface area contributed by atoms with E-state index in [0.29, 0.717) is 6.61 Å².